The summed E-state index contributed by atoms with van der Waals surface area (Å²) in [5.74, 6) is -0.209. The Balaban J connectivity index is 1.94. The van der Waals surface area contributed by atoms with E-state index in [0.29, 0.717) is 19.4 Å². The van der Waals surface area contributed by atoms with Crippen molar-refractivity contribution in [3.8, 4) is 0 Å². The minimum absolute atomic E-state index is 0.0132. The number of rotatable bonds is 10. The highest BCUT2D eigenvalue weighted by Gasteiger charge is 2.31. The maximum absolute atomic E-state index is 13.9. The van der Waals surface area contributed by atoms with Crippen LogP contribution in [0, 0.1) is 6.92 Å². The molecule has 0 spiro atoms. The number of hydrogen-bond donors (Lipinski definition) is 1. The number of aryl methyl sites for hydroxylation is 1. The smallest absolute Gasteiger partial charge is 0.243 e. The summed E-state index contributed by atoms with van der Waals surface area (Å²) in [5.41, 5.74) is 4.37. The van der Waals surface area contributed by atoms with Gasteiger partial charge in [0.15, 0.2) is 0 Å². The normalized spacial score (nSPS) is 11.9. The second-order valence-electron chi connectivity index (χ2n) is 9.17. The molecule has 4 nitrogen and oxygen atoms in total. The largest absolute Gasteiger partial charge is 0.352 e. The highest BCUT2D eigenvalue weighted by atomic mass is 16.2. The van der Waals surface area contributed by atoms with Crippen molar-refractivity contribution in [2.45, 2.75) is 65.1 Å². The molecule has 0 aliphatic rings. The summed E-state index contributed by atoms with van der Waals surface area (Å²) in [5, 5.41) is 3.01. The molecule has 0 saturated carbocycles. The first-order valence-electron chi connectivity index (χ1n) is 12.1. The Bertz CT molecular complexity index is 1010. The Labute approximate surface area is 204 Å². The van der Waals surface area contributed by atoms with Crippen LogP contribution >= 0.6 is 0 Å². The fourth-order valence-corrected chi connectivity index (χ4v) is 4.28. The number of carbonyl (C=O) groups excluding carboxylic acids is 2. The monoisotopic (exact) mass is 456 g/mol. The van der Waals surface area contributed by atoms with Gasteiger partial charge in [-0.05, 0) is 43.9 Å². The molecule has 3 aromatic carbocycles. The molecule has 4 heteroatoms. The number of amides is 2. The second kappa shape index (κ2) is 12.2. The zero-order valence-corrected chi connectivity index (χ0v) is 20.7. The molecule has 0 aromatic heterocycles. The van der Waals surface area contributed by atoms with E-state index in [1.165, 1.54) is 5.56 Å². The molecule has 0 heterocycles. The first-order valence-corrected chi connectivity index (χ1v) is 12.1. The Morgan fingerprint density at radius 3 is 1.82 bits per heavy atom. The van der Waals surface area contributed by atoms with Crippen molar-refractivity contribution in [3.05, 3.63) is 107 Å². The predicted octanol–water partition coefficient (Wildman–Crippen LogP) is 5.85. The third-order valence-electron chi connectivity index (χ3n) is 6.07. The lowest BCUT2D eigenvalue weighted by atomic mass is 9.88. The van der Waals surface area contributed by atoms with Crippen LogP contribution in [-0.4, -0.2) is 28.8 Å². The molecule has 0 bridgehead atoms. The highest BCUT2D eigenvalue weighted by Crippen LogP contribution is 2.29. The molecule has 1 atom stereocenters. The van der Waals surface area contributed by atoms with E-state index >= 15 is 0 Å². The maximum atomic E-state index is 13.9. The summed E-state index contributed by atoms with van der Waals surface area (Å²) in [6.45, 7) is 8.29. The average molecular weight is 457 g/mol. The van der Waals surface area contributed by atoms with Gasteiger partial charge < -0.3 is 10.2 Å². The quantitative estimate of drug-likeness (QED) is 0.416. The lowest BCUT2D eigenvalue weighted by Gasteiger charge is -2.32. The first-order chi connectivity index (χ1) is 16.4. The molecule has 1 N–H and O–H groups in total. The van der Waals surface area contributed by atoms with Gasteiger partial charge in [0.25, 0.3) is 0 Å². The number of carbonyl (C=O) groups is 2. The van der Waals surface area contributed by atoms with Crippen molar-refractivity contribution in [1.82, 2.24) is 10.2 Å². The molecule has 3 aromatic rings. The van der Waals surface area contributed by atoms with Gasteiger partial charge in [-0.3, -0.25) is 9.59 Å². The van der Waals surface area contributed by atoms with Gasteiger partial charge in [-0.1, -0.05) is 97.4 Å². The Hall–Kier alpha value is -3.40. The Morgan fingerprint density at radius 1 is 0.824 bits per heavy atom. The van der Waals surface area contributed by atoms with Gasteiger partial charge in [-0.15, -0.1) is 0 Å². The molecule has 0 unspecified atom stereocenters. The van der Waals surface area contributed by atoms with Crippen LogP contribution < -0.4 is 5.32 Å². The van der Waals surface area contributed by atoms with Gasteiger partial charge in [-0.2, -0.15) is 0 Å². The SMILES string of the molecule is CC[C@@H](C(=O)NC(C)C)N(Cc1ccc(C)cc1)C(=O)CC(c1ccccc1)c1ccccc1. The van der Waals surface area contributed by atoms with Crippen LogP contribution in [0.2, 0.25) is 0 Å². The molecule has 3 rings (SSSR count). The van der Waals surface area contributed by atoms with E-state index in [9.17, 15) is 9.59 Å². The summed E-state index contributed by atoms with van der Waals surface area (Å²) in [4.78, 5) is 28.8. The van der Waals surface area contributed by atoms with Crippen molar-refractivity contribution in [2.24, 2.45) is 0 Å². The van der Waals surface area contributed by atoms with E-state index in [4.69, 9.17) is 0 Å². The third-order valence-corrected chi connectivity index (χ3v) is 6.07. The van der Waals surface area contributed by atoms with Gasteiger partial charge >= 0.3 is 0 Å². The number of hydrogen-bond acceptors (Lipinski definition) is 2. The second-order valence-corrected chi connectivity index (χ2v) is 9.17. The summed E-state index contributed by atoms with van der Waals surface area (Å²) in [6.07, 6.45) is 0.850. The zero-order valence-electron chi connectivity index (χ0n) is 20.7. The van der Waals surface area contributed by atoms with Crippen LogP contribution in [0.15, 0.2) is 84.9 Å². The van der Waals surface area contributed by atoms with Crippen LogP contribution in [0.4, 0.5) is 0 Å². The summed E-state index contributed by atoms with van der Waals surface area (Å²) in [6, 6.07) is 27.9. The summed E-state index contributed by atoms with van der Waals surface area (Å²) >= 11 is 0. The van der Waals surface area contributed by atoms with Gasteiger partial charge in [0.2, 0.25) is 11.8 Å². The molecule has 0 saturated heterocycles. The van der Waals surface area contributed by atoms with Gasteiger partial charge in [-0.25, -0.2) is 0 Å². The minimum Gasteiger partial charge on any atom is -0.352 e. The molecule has 0 aliphatic heterocycles. The number of nitrogens with zero attached hydrogens (tertiary/aromatic N) is 1. The van der Waals surface area contributed by atoms with E-state index in [0.717, 1.165) is 16.7 Å². The van der Waals surface area contributed by atoms with E-state index in [1.807, 2.05) is 88.4 Å². The molecular formula is C30H36N2O2. The van der Waals surface area contributed by atoms with Crippen LogP contribution in [0.25, 0.3) is 0 Å². The van der Waals surface area contributed by atoms with Crippen molar-refractivity contribution >= 4 is 11.8 Å². The molecule has 0 aliphatic carbocycles. The van der Waals surface area contributed by atoms with Crippen molar-refractivity contribution < 1.29 is 9.59 Å². The Morgan fingerprint density at radius 2 is 1.35 bits per heavy atom. The van der Waals surface area contributed by atoms with Crippen LogP contribution in [0.3, 0.4) is 0 Å². The summed E-state index contributed by atoms with van der Waals surface area (Å²) < 4.78 is 0. The molecule has 0 radical (unpaired) electrons. The number of nitrogens with one attached hydrogen (secondary N) is 1. The standard InChI is InChI=1S/C30H36N2O2/c1-5-28(30(34)31-22(2)3)32(21-24-18-16-23(4)17-19-24)29(33)20-27(25-12-8-6-9-13-25)26-14-10-7-11-15-26/h6-19,22,27-28H,5,20-21H2,1-4H3,(H,31,34)/t28-/m0/s1. The van der Waals surface area contributed by atoms with Crippen LogP contribution in [0.1, 0.15) is 61.8 Å². The van der Waals surface area contributed by atoms with Gasteiger partial charge in [0.05, 0.1) is 0 Å². The van der Waals surface area contributed by atoms with Gasteiger partial charge in [0, 0.05) is 24.9 Å². The highest BCUT2D eigenvalue weighted by molar-refractivity contribution is 5.88. The van der Waals surface area contributed by atoms with Crippen molar-refractivity contribution in [1.29, 1.82) is 0 Å². The minimum atomic E-state index is -0.525. The maximum Gasteiger partial charge on any atom is 0.243 e. The van der Waals surface area contributed by atoms with E-state index in [-0.39, 0.29) is 23.8 Å². The van der Waals surface area contributed by atoms with Crippen molar-refractivity contribution in [3.63, 3.8) is 0 Å². The van der Waals surface area contributed by atoms with E-state index in [2.05, 4.69) is 29.6 Å². The molecule has 2 amide bonds. The summed E-state index contributed by atoms with van der Waals surface area (Å²) in [7, 11) is 0. The van der Waals surface area contributed by atoms with E-state index in [1.54, 1.807) is 4.90 Å². The van der Waals surface area contributed by atoms with Crippen LogP contribution in [0.5, 0.6) is 0 Å². The lowest BCUT2D eigenvalue weighted by Crippen LogP contribution is -2.50. The fraction of sp³-hybridized carbons (Fsp3) is 0.333. The molecule has 178 valence electrons. The average Bonchev–Trinajstić information content (AvgIpc) is 2.84. The molecule has 0 fully saturated rings. The molecular weight excluding hydrogens is 420 g/mol. The zero-order chi connectivity index (χ0) is 24.5. The van der Waals surface area contributed by atoms with Crippen LogP contribution in [-0.2, 0) is 16.1 Å². The third kappa shape index (κ3) is 6.80. The van der Waals surface area contributed by atoms with Gasteiger partial charge in [0.1, 0.15) is 6.04 Å². The lowest BCUT2D eigenvalue weighted by molar-refractivity contribution is -0.141. The first kappa shape index (κ1) is 25.2. The predicted molar refractivity (Wildman–Crippen MR) is 138 cm³/mol. The topological polar surface area (TPSA) is 49.4 Å². The molecule has 34 heavy (non-hydrogen) atoms. The van der Waals surface area contributed by atoms with E-state index < -0.39 is 6.04 Å². The fourth-order valence-electron chi connectivity index (χ4n) is 4.28. The van der Waals surface area contributed by atoms with Crippen molar-refractivity contribution in [2.75, 3.05) is 0 Å². The number of benzene rings is 3. The Kier molecular flexibility index (Phi) is 9.03.